The molecule has 0 saturated carbocycles. The Hall–Kier alpha value is -2.25. The van der Waals surface area contributed by atoms with Gasteiger partial charge in [-0.2, -0.15) is 0 Å². The minimum absolute atomic E-state index is 0.00376. The van der Waals surface area contributed by atoms with E-state index >= 15 is 0 Å². The fraction of sp³-hybridized carbons (Fsp3) is 0.591. The average molecular weight is 402 g/mol. The number of fused-ring (bicyclic) bond motifs is 2. The van der Waals surface area contributed by atoms with E-state index in [0.717, 1.165) is 38.5 Å². The predicted octanol–water partition coefficient (Wildman–Crippen LogP) is 3.42. The van der Waals surface area contributed by atoms with Gasteiger partial charge in [0.1, 0.15) is 0 Å². The number of aromatic hydroxyl groups is 1. The first-order valence-electron chi connectivity index (χ1n) is 10.5. The molecule has 0 aromatic heterocycles. The summed E-state index contributed by atoms with van der Waals surface area (Å²) in [6.45, 7) is 5.19. The quantitative estimate of drug-likeness (QED) is 0.735. The number of phenols is 1. The zero-order valence-electron chi connectivity index (χ0n) is 17.0. The van der Waals surface area contributed by atoms with E-state index < -0.39 is 6.23 Å². The Balaban J connectivity index is 1.76. The van der Waals surface area contributed by atoms with Crippen LogP contribution in [0.25, 0.3) is 0 Å². The van der Waals surface area contributed by atoms with E-state index in [0.29, 0.717) is 42.1 Å². The van der Waals surface area contributed by atoms with Gasteiger partial charge in [-0.3, -0.25) is 4.79 Å². The van der Waals surface area contributed by atoms with E-state index in [-0.39, 0.29) is 24.0 Å². The first-order valence-corrected chi connectivity index (χ1v) is 10.5. The van der Waals surface area contributed by atoms with Gasteiger partial charge in [-0.15, -0.1) is 6.58 Å². The van der Waals surface area contributed by atoms with Gasteiger partial charge in [0, 0.05) is 24.8 Å². The number of piperidine rings is 1. The predicted molar refractivity (Wildman–Crippen MR) is 109 cm³/mol. The Labute approximate surface area is 171 Å². The number of methoxy groups -OCH3 is 1. The van der Waals surface area contributed by atoms with E-state index in [1.54, 1.807) is 12.1 Å². The van der Waals surface area contributed by atoms with Crippen molar-refractivity contribution in [3.05, 3.63) is 29.8 Å². The number of nitrogens with zero attached hydrogens (tertiary/aromatic N) is 1. The Morgan fingerprint density at radius 3 is 2.90 bits per heavy atom. The Morgan fingerprint density at radius 1 is 1.34 bits per heavy atom. The van der Waals surface area contributed by atoms with E-state index in [1.807, 2.05) is 4.90 Å². The van der Waals surface area contributed by atoms with Crippen molar-refractivity contribution in [2.45, 2.75) is 63.5 Å². The number of allylic oxidation sites excluding steroid dienone is 1. The highest BCUT2D eigenvalue weighted by Crippen LogP contribution is 2.42. The van der Waals surface area contributed by atoms with Crippen LogP contribution in [-0.2, 0) is 15.9 Å². The number of phenolic OH excluding ortho intramolecular Hbond substituents is 1. The lowest BCUT2D eigenvalue weighted by atomic mass is 9.97. The standard InChI is InChI=1S/C22H30N2O5/c1-3-8-14-19-15(13-17(25)20(14)27-2)23-21(29-18-10-5-7-12-28-18)16-9-4-6-11-24(16)22(19)26/h3,13,16,18,21,23,25H,1,4-12H2,2H3/t16-,18?,21?/m0/s1. The van der Waals surface area contributed by atoms with Crippen LogP contribution >= 0.6 is 0 Å². The molecule has 0 aliphatic carbocycles. The van der Waals surface area contributed by atoms with Gasteiger partial charge in [0.15, 0.2) is 24.0 Å². The molecule has 7 heteroatoms. The van der Waals surface area contributed by atoms with Crippen LogP contribution in [0.4, 0.5) is 5.69 Å². The summed E-state index contributed by atoms with van der Waals surface area (Å²) in [6.07, 6.45) is 7.31. The van der Waals surface area contributed by atoms with E-state index in [4.69, 9.17) is 14.2 Å². The fourth-order valence-electron chi connectivity index (χ4n) is 4.65. The maximum absolute atomic E-state index is 13.6. The first-order chi connectivity index (χ1) is 14.1. The topological polar surface area (TPSA) is 80.3 Å². The van der Waals surface area contributed by atoms with Gasteiger partial charge in [-0.25, -0.2) is 0 Å². The minimum atomic E-state index is -0.395. The number of carbonyl (C=O) groups excluding carboxylic acids is 1. The number of anilines is 1. The van der Waals surface area contributed by atoms with Gasteiger partial charge in [0.25, 0.3) is 5.91 Å². The molecule has 3 heterocycles. The molecule has 0 spiro atoms. The number of hydrogen-bond donors (Lipinski definition) is 2. The summed E-state index contributed by atoms with van der Waals surface area (Å²) in [5.41, 5.74) is 1.75. The van der Waals surface area contributed by atoms with Crippen LogP contribution in [0, 0.1) is 0 Å². The molecule has 3 aliphatic heterocycles. The van der Waals surface area contributed by atoms with Gasteiger partial charge in [-0.1, -0.05) is 6.08 Å². The van der Waals surface area contributed by atoms with E-state index in [9.17, 15) is 9.90 Å². The van der Waals surface area contributed by atoms with Gasteiger partial charge in [0.2, 0.25) is 0 Å². The van der Waals surface area contributed by atoms with Crippen LogP contribution < -0.4 is 10.1 Å². The fourth-order valence-corrected chi connectivity index (χ4v) is 4.65. The lowest BCUT2D eigenvalue weighted by Gasteiger charge is -2.40. The molecule has 158 valence electrons. The van der Waals surface area contributed by atoms with Crippen LogP contribution in [-0.4, -0.2) is 54.7 Å². The van der Waals surface area contributed by atoms with Gasteiger partial charge < -0.3 is 29.5 Å². The summed E-state index contributed by atoms with van der Waals surface area (Å²) in [4.78, 5) is 15.5. The van der Waals surface area contributed by atoms with Gasteiger partial charge in [-0.05, 0) is 44.9 Å². The maximum atomic E-state index is 13.6. The first kappa shape index (κ1) is 20.0. The van der Waals surface area contributed by atoms with Crippen LogP contribution in [0.3, 0.4) is 0 Å². The normalized spacial score (nSPS) is 26.7. The molecule has 29 heavy (non-hydrogen) atoms. The number of nitrogens with one attached hydrogen (secondary N) is 1. The molecule has 2 saturated heterocycles. The highest BCUT2D eigenvalue weighted by atomic mass is 16.7. The molecular weight excluding hydrogens is 372 g/mol. The Kier molecular flexibility index (Phi) is 5.96. The molecule has 2 fully saturated rings. The van der Waals surface area contributed by atoms with Crippen molar-refractivity contribution < 1.29 is 24.1 Å². The summed E-state index contributed by atoms with van der Waals surface area (Å²) in [5.74, 6) is 0.265. The highest BCUT2D eigenvalue weighted by Gasteiger charge is 2.41. The summed E-state index contributed by atoms with van der Waals surface area (Å²) in [5, 5.41) is 13.9. The number of carbonyl (C=O) groups is 1. The lowest BCUT2D eigenvalue weighted by molar-refractivity contribution is -0.193. The second-order valence-electron chi connectivity index (χ2n) is 7.88. The smallest absolute Gasteiger partial charge is 0.256 e. The molecule has 7 nitrogen and oxygen atoms in total. The van der Waals surface area contributed by atoms with Crippen LogP contribution in [0.2, 0.25) is 0 Å². The second kappa shape index (κ2) is 8.63. The van der Waals surface area contributed by atoms with Crippen molar-refractivity contribution in [1.29, 1.82) is 0 Å². The van der Waals surface area contributed by atoms with Crippen LogP contribution in [0.15, 0.2) is 18.7 Å². The molecule has 1 amide bonds. The molecule has 3 aliphatic rings. The van der Waals surface area contributed by atoms with Crippen molar-refractivity contribution in [3.8, 4) is 11.5 Å². The summed E-state index contributed by atoms with van der Waals surface area (Å²) in [7, 11) is 1.50. The number of amides is 1. The molecule has 1 aromatic rings. The number of benzene rings is 1. The van der Waals surface area contributed by atoms with Crippen LogP contribution in [0.5, 0.6) is 11.5 Å². The Bertz CT molecular complexity index is 775. The van der Waals surface area contributed by atoms with Crippen molar-refractivity contribution in [2.24, 2.45) is 0 Å². The van der Waals surface area contributed by atoms with Gasteiger partial charge >= 0.3 is 0 Å². The molecule has 2 unspecified atom stereocenters. The van der Waals surface area contributed by atoms with Crippen LogP contribution in [0.1, 0.15) is 54.4 Å². The lowest BCUT2D eigenvalue weighted by Crippen LogP contribution is -2.52. The number of rotatable bonds is 5. The largest absolute Gasteiger partial charge is 0.504 e. The zero-order valence-corrected chi connectivity index (χ0v) is 17.0. The van der Waals surface area contributed by atoms with Gasteiger partial charge in [0.05, 0.1) is 24.4 Å². The highest BCUT2D eigenvalue weighted by molar-refractivity contribution is 6.03. The van der Waals surface area contributed by atoms with Crippen molar-refractivity contribution in [3.63, 3.8) is 0 Å². The number of hydrogen-bond acceptors (Lipinski definition) is 6. The maximum Gasteiger partial charge on any atom is 0.256 e. The molecular formula is C22H30N2O5. The summed E-state index contributed by atoms with van der Waals surface area (Å²) < 4.78 is 17.5. The molecule has 0 radical (unpaired) electrons. The second-order valence-corrected chi connectivity index (χ2v) is 7.88. The average Bonchev–Trinajstić information content (AvgIpc) is 2.84. The minimum Gasteiger partial charge on any atom is -0.504 e. The summed E-state index contributed by atoms with van der Waals surface area (Å²) >= 11 is 0. The van der Waals surface area contributed by atoms with E-state index in [1.165, 1.54) is 7.11 Å². The summed E-state index contributed by atoms with van der Waals surface area (Å²) in [6, 6.07) is 1.48. The Morgan fingerprint density at radius 2 is 2.17 bits per heavy atom. The molecule has 1 aromatic carbocycles. The van der Waals surface area contributed by atoms with Crippen molar-refractivity contribution in [2.75, 3.05) is 25.6 Å². The third-order valence-corrected chi connectivity index (χ3v) is 6.02. The third-order valence-electron chi connectivity index (χ3n) is 6.02. The molecule has 4 rings (SSSR count). The third kappa shape index (κ3) is 3.81. The molecule has 0 bridgehead atoms. The van der Waals surface area contributed by atoms with Crippen molar-refractivity contribution >= 4 is 11.6 Å². The number of ether oxygens (including phenoxy) is 3. The zero-order chi connectivity index (χ0) is 20.4. The SMILES string of the molecule is C=CCc1c(OC)c(O)cc2c1C(=O)N1CCCC[C@H]1C(OC1CCCCO1)N2. The molecule has 3 atom stereocenters. The monoisotopic (exact) mass is 402 g/mol. The van der Waals surface area contributed by atoms with E-state index in [2.05, 4.69) is 11.9 Å². The molecule has 2 N–H and O–H groups in total. The van der Waals surface area contributed by atoms with Crippen molar-refractivity contribution in [1.82, 2.24) is 4.90 Å².